The molecule has 3 amide bonds. The van der Waals surface area contributed by atoms with Gasteiger partial charge in [-0.3, -0.25) is 14.4 Å². The van der Waals surface area contributed by atoms with Crippen LogP contribution >= 0.6 is 0 Å². The summed E-state index contributed by atoms with van der Waals surface area (Å²) in [5.74, 6) is -2.34. The molecule has 192 valence electrons. The lowest BCUT2D eigenvalue weighted by molar-refractivity contribution is -0.200. The van der Waals surface area contributed by atoms with Gasteiger partial charge in [-0.25, -0.2) is 14.7 Å². The SMILES string of the molecule is CN1CCCC=CCCC[C@H](CC(=O)NOC2CCCCO2)C(=O)N[C@@H](c2cccc(F)c2)C1=O. The van der Waals surface area contributed by atoms with Crippen LogP contribution in [0.15, 0.2) is 36.4 Å². The molecule has 2 heterocycles. The van der Waals surface area contributed by atoms with Gasteiger partial charge in [-0.15, -0.1) is 0 Å². The molecule has 9 heteroatoms. The van der Waals surface area contributed by atoms with Crippen LogP contribution in [-0.2, 0) is 24.0 Å². The number of benzene rings is 1. The van der Waals surface area contributed by atoms with Gasteiger partial charge in [0.2, 0.25) is 17.7 Å². The molecule has 35 heavy (non-hydrogen) atoms. The lowest BCUT2D eigenvalue weighted by Gasteiger charge is -2.27. The number of allylic oxidation sites excluding steroid dienone is 2. The topological polar surface area (TPSA) is 97.0 Å². The molecule has 0 spiro atoms. The van der Waals surface area contributed by atoms with Crippen molar-refractivity contribution in [3.05, 3.63) is 47.8 Å². The van der Waals surface area contributed by atoms with Gasteiger partial charge >= 0.3 is 0 Å². The van der Waals surface area contributed by atoms with Crippen molar-refractivity contribution in [3.8, 4) is 0 Å². The molecule has 0 saturated carbocycles. The molecular weight excluding hydrogens is 453 g/mol. The Morgan fingerprint density at radius 2 is 1.97 bits per heavy atom. The number of hydroxylamine groups is 1. The van der Waals surface area contributed by atoms with Crippen molar-refractivity contribution >= 4 is 17.7 Å². The second kappa shape index (κ2) is 13.9. The molecule has 0 radical (unpaired) electrons. The van der Waals surface area contributed by atoms with E-state index in [1.807, 2.05) is 0 Å². The first-order valence-electron chi connectivity index (χ1n) is 12.5. The summed E-state index contributed by atoms with van der Waals surface area (Å²) >= 11 is 0. The Morgan fingerprint density at radius 1 is 1.17 bits per heavy atom. The van der Waals surface area contributed by atoms with Gasteiger partial charge < -0.3 is 15.0 Å². The summed E-state index contributed by atoms with van der Waals surface area (Å²) in [7, 11) is 1.67. The number of hydrogen-bond acceptors (Lipinski definition) is 5. The Kier molecular flexibility index (Phi) is 10.7. The number of rotatable bonds is 5. The van der Waals surface area contributed by atoms with Gasteiger partial charge in [-0.1, -0.05) is 24.3 Å². The first kappa shape index (κ1) is 26.8. The van der Waals surface area contributed by atoms with Crippen LogP contribution in [0.3, 0.4) is 0 Å². The standard InChI is InChI=1S/C26H36FN3O5/c1-30-15-8-5-3-2-4-6-11-20(18-22(31)29-35-23-14-7-9-16-34-23)25(32)28-24(26(30)33)19-12-10-13-21(27)17-19/h2-3,10,12-13,17,20,23-24H,4-9,11,14-16,18H2,1H3,(H,28,32)(H,29,31)/t20-,23?,24+/m1/s1. The fourth-order valence-electron chi connectivity index (χ4n) is 4.26. The summed E-state index contributed by atoms with van der Waals surface area (Å²) < 4.78 is 19.4. The summed E-state index contributed by atoms with van der Waals surface area (Å²) in [6.45, 7) is 1.10. The monoisotopic (exact) mass is 489 g/mol. The number of carbonyl (C=O) groups excluding carboxylic acids is 3. The molecule has 2 N–H and O–H groups in total. The van der Waals surface area contributed by atoms with Crippen molar-refractivity contribution < 1.29 is 28.3 Å². The summed E-state index contributed by atoms with van der Waals surface area (Å²) in [6, 6.07) is 4.63. The molecule has 0 aromatic heterocycles. The van der Waals surface area contributed by atoms with E-state index in [9.17, 15) is 18.8 Å². The second-order valence-corrected chi connectivity index (χ2v) is 9.14. The fraction of sp³-hybridized carbons (Fsp3) is 0.577. The van der Waals surface area contributed by atoms with Gasteiger partial charge in [0.25, 0.3) is 0 Å². The Bertz CT molecular complexity index is 887. The largest absolute Gasteiger partial charge is 0.350 e. The van der Waals surface area contributed by atoms with Crippen molar-refractivity contribution in [2.24, 2.45) is 5.92 Å². The maximum absolute atomic E-state index is 14.0. The van der Waals surface area contributed by atoms with Crippen LogP contribution in [0, 0.1) is 11.7 Å². The second-order valence-electron chi connectivity index (χ2n) is 9.14. The molecule has 3 rings (SSSR count). The molecule has 2 aliphatic heterocycles. The number of hydrogen-bond donors (Lipinski definition) is 2. The molecule has 3 atom stereocenters. The van der Waals surface area contributed by atoms with Crippen LogP contribution in [0.25, 0.3) is 0 Å². The van der Waals surface area contributed by atoms with E-state index in [0.717, 1.165) is 32.1 Å². The molecule has 1 aromatic carbocycles. The van der Waals surface area contributed by atoms with E-state index in [0.29, 0.717) is 38.0 Å². The van der Waals surface area contributed by atoms with Crippen molar-refractivity contribution in [3.63, 3.8) is 0 Å². The molecule has 2 aliphatic rings. The van der Waals surface area contributed by atoms with Crippen molar-refractivity contribution in [2.75, 3.05) is 20.2 Å². The normalized spacial score (nSPS) is 25.0. The van der Waals surface area contributed by atoms with Gasteiger partial charge in [0.1, 0.15) is 11.9 Å². The van der Waals surface area contributed by atoms with Crippen LogP contribution in [0.2, 0.25) is 0 Å². The number of nitrogens with one attached hydrogen (secondary N) is 2. The quantitative estimate of drug-likeness (QED) is 0.487. The highest BCUT2D eigenvalue weighted by molar-refractivity contribution is 5.91. The van der Waals surface area contributed by atoms with Crippen LogP contribution in [0.5, 0.6) is 0 Å². The third-order valence-electron chi connectivity index (χ3n) is 6.29. The molecule has 1 fully saturated rings. The number of carbonyl (C=O) groups is 3. The maximum Gasteiger partial charge on any atom is 0.249 e. The summed E-state index contributed by atoms with van der Waals surface area (Å²) in [5, 5.41) is 2.80. The average Bonchev–Trinajstić information content (AvgIpc) is 2.86. The molecule has 0 bridgehead atoms. The molecular formula is C26H36FN3O5. The van der Waals surface area contributed by atoms with E-state index in [1.165, 1.54) is 18.2 Å². The number of likely N-dealkylation sites (N-methyl/N-ethyl adjacent to an activating group) is 1. The number of nitrogens with zero attached hydrogens (tertiary/aromatic N) is 1. The predicted molar refractivity (Wildman–Crippen MR) is 128 cm³/mol. The highest BCUT2D eigenvalue weighted by Gasteiger charge is 2.30. The third-order valence-corrected chi connectivity index (χ3v) is 6.29. The van der Waals surface area contributed by atoms with Crippen LogP contribution in [-0.4, -0.2) is 49.1 Å². The Labute approximate surface area is 206 Å². The van der Waals surface area contributed by atoms with E-state index >= 15 is 0 Å². The van der Waals surface area contributed by atoms with Crippen LogP contribution in [0.4, 0.5) is 4.39 Å². The summed E-state index contributed by atoms with van der Waals surface area (Å²) in [5.41, 5.74) is 2.77. The molecule has 8 nitrogen and oxygen atoms in total. The van der Waals surface area contributed by atoms with Crippen molar-refractivity contribution in [1.29, 1.82) is 0 Å². The lowest BCUT2D eigenvalue weighted by atomic mass is 9.95. The minimum absolute atomic E-state index is 0.0951. The van der Waals surface area contributed by atoms with Gasteiger partial charge in [-0.2, -0.15) is 0 Å². The van der Waals surface area contributed by atoms with E-state index in [2.05, 4.69) is 22.9 Å². The van der Waals surface area contributed by atoms with E-state index < -0.39 is 35.9 Å². The van der Waals surface area contributed by atoms with Crippen LogP contribution in [0.1, 0.15) is 69.4 Å². The first-order valence-corrected chi connectivity index (χ1v) is 12.5. The zero-order chi connectivity index (χ0) is 25.0. The number of halogens is 1. The maximum atomic E-state index is 14.0. The van der Waals surface area contributed by atoms with Crippen molar-refractivity contribution in [2.45, 2.75) is 70.1 Å². The van der Waals surface area contributed by atoms with Gasteiger partial charge in [-0.05, 0) is 62.6 Å². The van der Waals surface area contributed by atoms with Gasteiger partial charge in [0.05, 0.1) is 0 Å². The number of ether oxygens (including phenoxy) is 1. The average molecular weight is 490 g/mol. The summed E-state index contributed by atoms with van der Waals surface area (Å²) in [6.07, 6.45) is 9.78. The van der Waals surface area contributed by atoms with Gasteiger partial charge in [0.15, 0.2) is 6.29 Å². The zero-order valence-electron chi connectivity index (χ0n) is 20.3. The Hall–Kier alpha value is -2.78. The minimum Gasteiger partial charge on any atom is -0.350 e. The zero-order valence-corrected chi connectivity index (χ0v) is 20.3. The lowest BCUT2D eigenvalue weighted by Crippen LogP contribution is -2.44. The Morgan fingerprint density at radius 3 is 2.71 bits per heavy atom. The van der Waals surface area contributed by atoms with E-state index in [-0.39, 0.29) is 12.3 Å². The fourth-order valence-corrected chi connectivity index (χ4v) is 4.26. The highest BCUT2D eigenvalue weighted by atomic mass is 19.1. The Balaban J connectivity index is 1.73. The minimum atomic E-state index is -1.04. The molecule has 1 saturated heterocycles. The van der Waals surface area contributed by atoms with Gasteiger partial charge in [0, 0.05) is 39.0 Å². The third kappa shape index (κ3) is 8.74. The molecule has 1 unspecified atom stereocenters. The first-order chi connectivity index (χ1) is 16.9. The highest BCUT2D eigenvalue weighted by Crippen LogP contribution is 2.21. The molecule has 0 aliphatic carbocycles. The number of amides is 3. The van der Waals surface area contributed by atoms with Crippen LogP contribution < -0.4 is 10.8 Å². The van der Waals surface area contributed by atoms with E-state index in [1.54, 1.807) is 18.0 Å². The summed E-state index contributed by atoms with van der Waals surface area (Å²) in [4.78, 5) is 46.0. The van der Waals surface area contributed by atoms with E-state index in [4.69, 9.17) is 9.57 Å². The smallest absolute Gasteiger partial charge is 0.249 e. The predicted octanol–water partition coefficient (Wildman–Crippen LogP) is 3.54. The molecule has 1 aromatic rings. The van der Waals surface area contributed by atoms with Crippen molar-refractivity contribution in [1.82, 2.24) is 15.7 Å².